The van der Waals surface area contributed by atoms with Gasteiger partial charge in [-0.2, -0.15) is 0 Å². The van der Waals surface area contributed by atoms with Crippen molar-refractivity contribution >= 4 is 15.9 Å². The van der Waals surface area contributed by atoms with Crippen molar-refractivity contribution in [1.29, 1.82) is 0 Å². The molecule has 1 rings (SSSR count). The van der Waals surface area contributed by atoms with Crippen LogP contribution in [0.1, 0.15) is 16.7 Å². The molecule has 0 aromatic heterocycles. The van der Waals surface area contributed by atoms with E-state index in [4.69, 9.17) is 10.6 Å². The molecule has 84 valence electrons. The Kier molecular flexibility index (Phi) is 4.57. The van der Waals surface area contributed by atoms with Crippen molar-refractivity contribution in [3.05, 3.63) is 27.2 Å². The Hall–Kier alpha value is -0.580. The number of nitrogens with two attached hydrogens (primary N) is 1. The molecule has 2 N–H and O–H groups in total. The average molecular weight is 274 g/mol. The molecule has 0 unspecified atom stereocenters. The first-order chi connectivity index (χ1) is 7.11. The summed E-state index contributed by atoms with van der Waals surface area (Å²) in [5, 5.41) is 0. The second-order valence-corrected chi connectivity index (χ2v) is 4.29. The quantitative estimate of drug-likeness (QED) is 0.858. The van der Waals surface area contributed by atoms with Gasteiger partial charge in [0.2, 0.25) is 0 Å². The minimum absolute atomic E-state index is 0.493. The van der Waals surface area contributed by atoms with Crippen molar-refractivity contribution in [2.75, 3.05) is 13.7 Å². The lowest BCUT2D eigenvalue weighted by Gasteiger charge is -2.15. The second kappa shape index (κ2) is 5.49. The summed E-state index contributed by atoms with van der Waals surface area (Å²) in [6.45, 7) is 4.65. The highest BCUT2D eigenvalue weighted by Crippen LogP contribution is 2.33. The number of benzene rings is 1. The summed E-state index contributed by atoms with van der Waals surface area (Å²) in [6.07, 6.45) is 0.756. The summed E-state index contributed by atoms with van der Waals surface area (Å²) in [7, 11) is 1.67. The van der Waals surface area contributed by atoms with Gasteiger partial charge in [-0.1, -0.05) is 0 Å². The molecule has 1 aromatic rings. The molecule has 3 nitrogen and oxygen atoms in total. The average Bonchev–Trinajstić information content (AvgIpc) is 2.21. The number of ether oxygens (including phenoxy) is 1. The van der Waals surface area contributed by atoms with Crippen LogP contribution < -0.4 is 10.6 Å². The van der Waals surface area contributed by atoms with Gasteiger partial charge in [-0.05, 0) is 47.0 Å². The maximum atomic E-state index is 5.37. The summed E-state index contributed by atoms with van der Waals surface area (Å²) in [4.78, 5) is 4.61. The molecule has 0 radical (unpaired) electrons. The Morgan fingerprint density at radius 1 is 1.40 bits per heavy atom. The van der Waals surface area contributed by atoms with Crippen molar-refractivity contribution in [3.8, 4) is 5.75 Å². The molecule has 0 saturated heterocycles. The lowest BCUT2D eigenvalue weighted by molar-refractivity contribution is 0.140. The lowest BCUT2D eigenvalue weighted by Crippen LogP contribution is -2.07. The van der Waals surface area contributed by atoms with Gasteiger partial charge in [-0.15, -0.1) is 0 Å². The van der Waals surface area contributed by atoms with Crippen molar-refractivity contribution in [2.24, 2.45) is 5.90 Å². The van der Waals surface area contributed by atoms with Gasteiger partial charge in [0.05, 0.1) is 18.2 Å². The van der Waals surface area contributed by atoms with Gasteiger partial charge in [-0.25, -0.2) is 5.90 Å². The number of hydrogen-bond acceptors (Lipinski definition) is 3. The van der Waals surface area contributed by atoms with Gasteiger partial charge >= 0.3 is 0 Å². The fourth-order valence-corrected chi connectivity index (χ4v) is 2.34. The Morgan fingerprint density at radius 2 is 2.07 bits per heavy atom. The van der Waals surface area contributed by atoms with Crippen molar-refractivity contribution < 1.29 is 9.57 Å². The third kappa shape index (κ3) is 2.71. The van der Waals surface area contributed by atoms with Crippen LogP contribution in [0.15, 0.2) is 10.5 Å². The van der Waals surface area contributed by atoms with Crippen LogP contribution >= 0.6 is 15.9 Å². The van der Waals surface area contributed by atoms with E-state index < -0.39 is 0 Å². The van der Waals surface area contributed by atoms with Crippen LogP contribution in [0.5, 0.6) is 5.75 Å². The first-order valence-electron chi connectivity index (χ1n) is 4.76. The molecule has 0 aliphatic carbocycles. The van der Waals surface area contributed by atoms with Crippen LogP contribution in [0.3, 0.4) is 0 Å². The molecule has 0 bridgehead atoms. The number of halogens is 1. The number of hydrogen-bond donors (Lipinski definition) is 1. The zero-order valence-electron chi connectivity index (χ0n) is 9.26. The summed E-state index contributed by atoms with van der Waals surface area (Å²) < 4.78 is 6.34. The summed E-state index contributed by atoms with van der Waals surface area (Å²) in [6, 6.07) is 2.06. The minimum atomic E-state index is 0.493. The van der Waals surface area contributed by atoms with Gasteiger partial charge < -0.3 is 9.57 Å². The maximum Gasteiger partial charge on any atom is 0.136 e. The Labute approximate surface area is 98.6 Å². The number of rotatable bonds is 4. The highest BCUT2D eigenvalue weighted by molar-refractivity contribution is 9.10. The Bertz CT molecular complexity index is 353. The van der Waals surface area contributed by atoms with Crippen LogP contribution in [0.25, 0.3) is 0 Å². The smallest absolute Gasteiger partial charge is 0.136 e. The van der Waals surface area contributed by atoms with Crippen molar-refractivity contribution in [3.63, 3.8) is 0 Å². The van der Waals surface area contributed by atoms with Gasteiger partial charge in [0.1, 0.15) is 5.75 Å². The predicted molar refractivity (Wildman–Crippen MR) is 64.0 cm³/mol. The molecule has 1 aromatic carbocycles. The fourth-order valence-electron chi connectivity index (χ4n) is 1.60. The lowest BCUT2D eigenvalue weighted by atomic mass is 10.00. The minimum Gasteiger partial charge on any atom is -0.495 e. The van der Waals surface area contributed by atoms with Crippen LogP contribution in [-0.2, 0) is 11.3 Å². The van der Waals surface area contributed by atoms with E-state index in [0.717, 1.165) is 22.2 Å². The van der Waals surface area contributed by atoms with Gasteiger partial charge in [0.15, 0.2) is 0 Å². The highest BCUT2D eigenvalue weighted by atomic mass is 79.9. The normalized spacial score (nSPS) is 10.5. The summed E-state index contributed by atoms with van der Waals surface area (Å²) in [5.41, 5.74) is 3.61. The largest absolute Gasteiger partial charge is 0.495 e. The SMILES string of the molecule is COc1c(Br)cc(C)c(C)c1CCON. The van der Waals surface area contributed by atoms with Gasteiger partial charge in [0.25, 0.3) is 0 Å². The Morgan fingerprint density at radius 3 is 2.60 bits per heavy atom. The van der Waals surface area contributed by atoms with Gasteiger partial charge in [0, 0.05) is 12.0 Å². The zero-order valence-corrected chi connectivity index (χ0v) is 10.8. The summed E-state index contributed by atoms with van der Waals surface area (Å²) in [5.74, 6) is 5.91. The topological polar surface area (TPSA) is 44.5 Å². The molecule has 15 heavy (non-hydrogen) atoms. The predicted octanol–water partition coefficient (Wildman–Crippen LogP) is 2.51. The summed E-state index contributed by atoms with van der Waals surface area (Å²) >= 11 is 3.49. The third-order valence-electron chi connectivity index (χ3n) is 2.55. The van der Waals surface area contributed by atoms with Crippen LogP contribution in [0.2, 0.25) is 0 Å². The van der Waals surface area contributed by atoms with E-state index in [-0.39, 0.29) is 0 Å². The van der Waals surface area contributed by atoms with Crippen LogP contribution in [0, 0.1) is 13.8 Å². The number of aryl methyl sites for hydroxylation is 1. The molecular weight excluding hydrogens is 258 g/mol. The van der Waals surface area contributed by atoms with E-state index >= 15 is 0 Å². The second-order valence-electron chi connectivity index (χ2n) is 3.43. The molecule has 4 heteroatoms. The standard InChI is InChI=1S/C11H16BrNO2/c1-7-6-10(12)11(14-3)9(8(7)2)4-5-15-13/h6H,4-5,13H2,1-3H3. The third-order valence-corrected chi connectivity index (χ3v) is 3.14. The molecule has 0 fully saturated rings. The molecule has 0 amide bonds. The molecule has 0 aliphatic heterocycles. The monoisotopic (exact) mass is 273 g/mol. The first kappa shape index (κ1) is 12.5. The van der Waals surface area contributed by atoms with Gasteiger partial charge in [-0.3, -0.25) is 0 Å². The van der Waals surface area contributed by atoms with E-state index in [9.17, 15) is 0 Å². The zero-order chi connectivity index (χ0) is 11.4. The molecule has 0 saturated carbocycles. The van der Waals surface area contributed by atoms with E-state index in [0.29, 0.717) is 6.61 Å². The molecule has 0 spiro atoms. The van der Waals surface area contributed by atoms with E-state index in [2.05, 4.69) is 40.7 Å². The van der Waals surface area contributed by atoms with Crippen molar-refractivity contribution in [1.82, 2.24) is 0 Å². The molecule has 0 aliphatic rings. The molecule has 0 heterocycles. The van der Waals surface area contributed by atoms with Crippen LogP contribution in [0.4, 0.5) is 0 Å². The van der Waals surface area contributed by atoms with E-state index in [1.165, 1.54) is 11.1 Å². The fraction of sp³-hybridized carbons (Fsp3) is 0.455. The van der Waals surface area contributed by atoms with E-state index in [1.54, 1.807) is 7.11 Å². The highest BCUT2D eigenvalue weighted by Gasteiger charge is 2.12. The number of methoxy groups -OCH3 is 1. The maximum absolute atomic E-state index is 5.37. The van der Waals surface area contributed by atoms with Crippen LogP contribution in [-0.4, -0.2) is 13.7 Å². The molecular formula is C11H16BrNO2. The van der Waals surface area contributed by atoms with E-state index in [1.807, 2.05) is 0 Å². The molecule has 0 atom stereocenters. The first-order valence-corrected chi connectivity index (χ1v) is 5.55. The Balaban J connectivity index is 3.18. The van der Waals surface area contributed by atoms with Crippen molar-refractivity contribution in [2.45, 2.75) is 20.3 Å².